The Bertz CT molecular complexity index is 600. The molecule has 1 amide bonds. The van der Waals surface area contributed by atoms with Gasteiger partial charge in [-0.3, -0.25) is 4.79 Å². The van der Waals surface area contributed by atoms with Crippen LogP contribution >= 0.6 is 11.6 Å². The molecule has 0 saturated heterocycles. The number of nitrogens with zero attached hydrogens (tertiary/aromatic N) is 1. The minimum absolute atomic E-state index is 0.0864. The molecule has 0 saturated carbocycles. The van der Waals surface area contributed by atoms with Crippen molar-refractivity contribution in [3.05, 3.63) is 65.2 Å². The summed E-state index contributed by atoms with van der Waals surface area (Å²) in [5.74, 6) is 0.314. The van der Waals surface area contributed by atoms with E-state index in [0.717, 1.165) is 5.56 Å². The van der Waals surface area contributed by atoms with Gasteiger partial charge >= 0.3 is 0 Å². The van der Waals surface area contributed by atoms with Crippen LogP contribution in [0.5, 0.6) is 5.75 Å². The highest BCUT2D eigenvalue weighted by Crippen LogP contribution is 2.09. The molecule has 0 unspecified atom stereocenters. The zero-order chi connectivity index (χ0) is 14.2. The van der Waals surface area contributed by atoms with E-state index in [1.807, 2.05) is 30.3 Å². The van der Waals surface area contributed by atoms with Crippen molar-refractivity contribution < 1.29 is 9.53 Å². The van der Waals surface area contributed by atoms with E-state index in [1.54, 1.807) is 24.3 Å². The van der Waals surface area contributed by atoms with Crippen molar-refractivity contribution in [1.82, 2.24) is 5.43 Å². The number of hydrogen-bond donors (Lipinski definition) is 1. The van der Waals surface area contributed by atoms with Crippen molar-refractivity contribution in [3.8, 4) is 5.75 Å². The molecule has 0 aromatic heterocycles. The van der Waals surface area contributed by atoms with Crippen LogP contribution in [0.1, 0.15) is 5.56 Å². The maximum atomic E-state index is 11.5. The molecule has 4 nitrogen and oxygen atoms in total. The smallest absolute Gasteiger partial charge is 0.277 e. The number of hydrazone groups is 1. The Hall–Kier alpha value is -2.33. The summed E-state index contributed by atoms with van der Waals surface area (Å²) in [6.45, 7) is -0.0864. The third kappa shape index (κ3) is 4.74. The number of hydrogen-bond acceptors (Lipinski definition) is 3. The molecule has 0 aliphatic carbocycles. The third-order valence-electron chi connectivity index (χ3n) is 2.36. The van der Waals surface area contributed by atoms with Gasteiger partial charge in [0.2, 0.25) is 0 Å². The Balaban J connectivity index is 1.78. The highest BCUT2D eigenvalue weighted by molar-refractivity contribution is 6.30. The first-order valence-corrected chi connectivity index (χ1v) is 6.37. The SMILES string of the molecule is O=C(COc1ccccc1)NN=Cc1cccc(Cl)c1. The zero-order valence-corrected chi connectivity index (χ0v) is 11.4. The maximum absolute atomic E-state index is 11.5. The fraction of sp³-hybridized carbons (Fsp3) is 0.0667. The van der Waals surface area contributed by atoms with Crippen LogP contribution in [0.2, 0.25) is 5.02 Å². The first kappa shape index (κ1) is 14.1. The van der Waals surface area contributed by atoms with Gasteiger partial charge in [0.05, 0.1) is 6.21 Å². The lowest BCUT2D eigenvalue weighted by Crippen LogP contribution is -2.24. The number of amides is 1. The number of carbonyl (C=O) groups excluding carboxylic acids is 1. The van der Waals surface area contributed by atoms with E-state index in [0.29, 0.717) is 10.8 Å². The number of ether oxygens (including phenoxy) is 1. The molecule has 20 heavy (non-hydrogen) atoms. The Morgan fingerprint density at radius 1 is 1.20 bits per heavy atom. The van der Waals surface area contributed by atoms with E-state index >= 15 is 0 Å². The van der Waals surface area contributed by atoms with Crippen LogP contribution in [0, 0.1) is 0 Å². The highest BCUT2D eigenvalue weighted by Gasteiger charge is 2.00. The van der Waals surface area contributed by atoms with Gasteiger partial charge in [-0.2, -0.15) is 5.10 Å². The summed E-state index contributed by atoms with van der Waals surface area (Å²) in [6, 6.07) is 16.3. The van der Waals surface area contributed by atoms with Gasteiger partial charge < -0.3 is 4.74 Å². The Morgan fingerprint density at radius 2 is 2.00 bits per heavy atom. The topological polar surface area (TPSA) is 50.7 Å². The second-order valence-corrected chi connectivity index (χ2v) is 4.39. The molecule has 0 spiro atoms. The van der Waals surface area contributed by atoms with Crippen LogP contribution in [0.25, 0.3) is 0 Å². The van der Waals surface area contributed by atoms with E-state index < -0.39 is 0 Å². The molecule has 2 aromatic rings. The van der Waals surface area contributed by atoms with Gasteiger partial charge in [-0.15, -0.1) is 0 Å². The van der Waals surface area contributed by atoms with Crippen LogP contribution in [-0.2, 0) is 4.79 Å². The number of carbonyl (C=O) groups is 1. The summed E-state index contributed by atoms with van der Waals surface area (Å²) in [7, 11) is 0. The molecule has 0 heterocycles. The number of halogens is 1. The van der Waals surface area contributed by atoms with Crippen LogP contribution in [0.4, 0.5) is 0 Å². The molecule has 0 aliphatic heterocycles. The fourth-order valence-electron chi connectivity index (χ4n) is 1.46. The third-order valence-corrected chi connectivity index (χ3v) is 2.60. The normalized spacial score (nSPS) is 10.4. The summed E-state index contributed by atoms with van der Waals surface area (Å²) in [6.07, 6.45) is 1.52. The number of benzene rings is 2. The summed E-state index contributed by atoms with van der Waals surface area (Å²) in [5, 5.41) is 4.45. The fourth-order valence-corrected chi connectivity index (χ4v) is 1.66. The van der Waals surface area contributed by atoms with Gasteiger partial charge in [0.1, 0.15) is 5.75 Å². The van der Waals surface area contributed by atoms with E-state index in [2.05, 4.69) is 10.5 Å². The maximum Gasteiger partial charge on any atom is 0.277 e. The minimum Gasteiger partial charge on any atom is -0.484 e. The van der Waals surface area contributed by atoms with Gasteiger partial charge in [0, 0.05) is 5.02 Å². The molecular formula is C15H13ClN2O2. The van der Waals surface area contributed by atoms with E-state index in [9.17, 15) is 4.79 Å². The first-order chi connectivity index (χ1) is 9.74. The number of rotatable bonds is 5. The predicted octanol–water partition coefficient (Wildman–Crippen LogP) is 2.87. The molecule has 0 atom stereocenters. The Morgan fingerprint density at radius 3 is 2.75 bits per heavy atom. The molecule has 2 aromatic carbocycles. The van der Waals surface area contributed by atoms with E-state index in [1.165, 1.54) is 6.21 Å². The lowest BCUT2D eigenvalue weighted by molar-refractivity contribution is -0.123. The van der Waals surface area contributed by atoms with E-state index in [-0.39, 0.29) is 12.5 Å². The van der Waals surface area contributed by atoms with Crippen LogP contribution in [0.3, 0.4) is 0 Å². The summed E-state index contributed by atoms with van der Waals surface area (Å²) >= 11 is 5.83. The van der Waals surface area contributed by atoms with Gasteiger partial charge in [-0.1, -0.05) is 41.9 Å². The highest BCUT2D eigenvalue weighted by atomic mass is 35.5. The van der Waals surface area contributed by atoms with Gasteiger partial charge in [-0.05, 0) is 29.8 Å². The average molecular weight is 289 g/mol. The minimum atomic E-state index is -0.327. The van der Waals surface area contributed by atoms with Gasteiger partial charge in [0.15, 0.2) is 6.61 Å². The molecule has 2 rings (SSSR count). The van der Waals surface area contributed by atoms with Gasteiger partial charge in [-0.25, -0.2) is 5.43 Å². The summed E-state index contributed by atoms with van der Waals surface area (Å²) in [5.41, 5.74) is 3.19. The first-order valence-electron chi connectivity index (χ1n) is 5.99. The largest absolute Gasteiger partial charge is 0.484 e. The monoisotopic (exact) mass is 288 g/mol. The summed E-state index contributed by atoms with van der Waals surface area (Å²) < 4.78 is 5.28. The average Bonchev–Trinajstić information content (AvgIpc) is 2.46. The van der Waals surface area contributed by atoms with Crippen LogP contribution < -0.4 is 10.2 Å². The Kier molecular flexibility index (Phi) is 5.15. The molecule has 1 N–H and O–H groups in total. The summed E-state index contributed by atoms with van der Waals surface area (Å²) in [4.78, 5) is 11.5. The lowest BCUT2D eigenvalue weighted by atomic mass is 10.2. The van der Waals surface area contributed by atoms with Crippen molar-refractivity contribution in [2.75, 3.05) is 6.61 Å². The molecule has 0 aliphatic rings. The molecule has 0 bridgehead atoms. The van der Waals surface area contributed by atoms with Crippen molar-refractivity contribution >= 4 is 23.7 Å². The quantitative estimate of drug-likeness (QED) is 0.679. The zero-order valence-electron chi connectivity index (χ0n) is 10.6. The van der Waals surface area contributed by atoms with Crippen LogP contribution in [-0.4, -0.2) is 18.7 Å². The van der Waals surface area contributed by atoms with Crippen molar-refractivity contribution in [1.29, 1.82) is 0 Å². The Labute approximate surface area is 122 Å². The second kappa shape index (κ2) is 7.31. The number of para-hydroxylation sites is 1. The molecule has 0 radical (unpaired) electrons. The van der Waals surface area contributed by atoms with E-state index in [4.69, 9.17) is 16.3 Å². The van der Waals surface area contributed by atoms with Crippen molar-refractivity contribution in [2.24, 2.45) is 5.10 Å². The van der Waals surface area contributed by atoms with Crippen molar-refractivity contribution in [2.45, 2.75) is 0 Å². The molecule has 0 fully saturated rings. The van der Waals surface area contributed by atoms with Crippen molar-refractivity contribution in [3.63, 3.8) is 0 Å². The molecule has 5 heteroatoms. The van der Waals surface area contributed by atoms with Crippen LogP contribution in [0.15, 0.2) is 59.7 Å². The standard InChI is InChI=1S/C15H13ClN2O2/c16-13-6-4-5-12(9-13)10-17-18-15(19)11-20-14-7-2-1-3-8-14/h1-10H,11H2,(H,18,19). The molecular weight excluding hydrogens is 276 g/mol. The number of nitrogens with one attached hydrogen (secondary N) is 1. The predicted molar refractivity (Wildman–Crippen MR) is 79.1 cm³/mol. The van der Waals surface area contributed by atoms with Gasteiger partial charge in [0.25, 0.3) is 5.91 Å². The second-order valence-electron chi connectivity index (χ2n) is 3.95. The molecule has 102 valence electrons. The lowest BCUT2D eigenvalue weighted by Gasteiger charge is -2.04.